The average molecular weight is 211 g/mol. The Kier molecular flexibility index (Phi) is 4.42. The lowest BCUT2D eigenvalue weighted by Crippen LogP contribution is -2.44. The molecule has 15 heavy (non-hydrogen) atoms. The Bertz CT molecular complexity index is 178. The lowest BCUT2D eigenvalue weighted by Gasteiger charge is -2.29. The maximum absolute atomic E-state index is 3.64. The third-order valence-electron chi connectivity index (χ3n) is 3.70. The van der Waals surface area contributed by atoms with E-state index in [0.29, 0.717) is 0 Å². The van der Waals surface area contributed by atoms with E-state index in [1.807, 2.05) is 0 Å². The zero-order valence-corrected chi connectivity index (χ0v) is 10.0. The largest absolute Gasteiger partial charge is 0.313 e. The Morgan fingerprint density at radius 1 is 1.07 bits per heavy atom. The van der Waals surface area contributed by atoms with Crippen molar-refractivity contribution < 1.29 is 0 Å². The van der Waals surface area contributed by atoms with Crippen LogP contribution in [0.3, 0.4) is 0 Å². The second-order valence-electron chi connectivity index (χ2n) is 5.10. The van der Waals surface area contributed by atoms with Crippen molar-refractivity contribution in [1.82, 2.24) is 15.1 Å². The molecule has 2 aliphatic heterocycles. The lowest BCUT2D eigenvalue weighted by atomic mass is 10.0. The summed E-state index contributed by atoms with van der Waals surface area (Å²) in [6.07, 6.45) is 5.51. The summed E-state index contributed by atoms with van der Waals surface area (Å²) in [6, 6.07) is 0.766. The Morgan fingerprint density at radius 2 is 2.00 bits per heavy atom. The van der Waals surface area contributed by atoms with E-state index in [4.69, 9.17) is 0 Å². The number of hydrogen-bond acceptors (Lipinski definition) is 3. The highest BCUT2D eigenvalue weighted by Crippen LogP contribution is 2.10. The van der Waals surface area contributed by atoms with E-state index in [-0.39, 0.29) is 0 Å². The molecule has 0 unspecified atom stereocenters. The molecule has 0 saturated carbocycles. The molecular weight excluding hydrogens is 186 g/mol. The van der Waals surface area contributed by atoms with Crippen LogP contribution in [0.25, 0.3) is 0 Å². The number of likely N-dealkylation sites (N-methyl/N-ethyl adjacent to an activating group) is 1. The standard InChI is InChI=1S/C12H25N3/c1-14-7-4-8-15(10-9-14)11-12-5-2-3-6-13-12/h12-13H,2-11H2,1H3/t12-/m0/s1. The first-order valence-corrected chi connectivity index (χ1v) is 6.49. The minimum absolute atomic E-state index is 0.766. The van der Waals surface area contributed by atoms with E-state index in [9.17, 15) is 0 Å². The highest BCUT2D eigenvalue weighted by Gasteiger charge is 2.18. The molecule has 2 rings (SSSR count). The van der Waals surface area contributed by atoms with Gasteiger partial charge in [-0.15, -0.1) is 0 Å². The Morgan fingerprint density at radius 3 is 2.80 bits per heavy atom. The summed E-state index contributed by atoms with van der Waals surface area (Å²) in [4.78, 5) is 5.10. The first kappa shape index (κ1) is 11.4. The predicted octanol–water partition coefficient (Wildman–Crippen LogP) is 0.766. The molecule has 2 saturated heterocycles. The second-order valence-corrected chi connectivity index (χ2v) is 5.10. The van der Waals surface area contributed by atoms with Crippen molar-refractivity contribution in [3.63, 3.8) is 0 Å². The van der Waals surface area contributed by atoms with E-state index in [1.54, 1.807) is 0 Å². The van der Waals surface area contributed by atoms with Crippen LogP contribution in [0.5, 0.6) is 0 Å². The lowest BCUT2D eigenvalue weighted by molar-refractivity contribution is 0.229. The fourth-order valence-corrected chi connectivity index (χ4v) is 2.67. The summed E-state index contributed by atoms with van der Waals surface area (Å²) in [5.74, 6) is 0. The van der Waals surface area contributed by atoms with Crippen LogP contribution in [0.15, 0.2) is 0 Å². The first-order chi connectivity index (χ1) is 7.34. The number of nitrogens with zero attached hydrogens (tertiary/aromatic N) is 2. The maximum atomic E-state index is 3.64. The molecule has 0 amide bonds. The van der Waals surface area contributed by atoms with Gasteiger partial charge in [0.05, 0.1) is 0 Å². The molecule has 0 aliphatic carbocycles. The molecule has 0 radical (unpaired) electrons. The van der Waals surface area contributed by atoms with Gasteiger partial charge in [0, 0.05) is 25.7 Å². The van der Waals surface area contributed by atoms with Crippen LogP contribution in [0, 0.1) is 0 Å². The quantitative estimate of drug-likeness (QED) is 0.728. The molecule has 2 heterocycles. The molecule has 0 aromatic rings. The molecule has 0 spiro atoms. The number of rotatable bonds is 2. The summed E-state index contributed by atoms with van der Waals surface area (Å²) in [5, 5.41) is 3.64. The highest BCUT2D eigenvalue weighted by atomic mass is 15.2. The fourth-order valence-electron chi connectivity index (χ4n) is 2.67. The molecule has 1 N–H and O–H groups in total. The van der Waals surface area contributed by atoms with Crippen molar-refractivity contribution in [1.29, 1.82) is 0 Å². The Balaban J connectivity index is 1.72. The smallest absolute Gasteiger partial charge is 0.0195 e. The molecule has 0 bridgehead atoms. The van der Waals surface area contributed by atoms with Crippen LogP contribution in [0.4, 0.5) is 0 Å². The van der Waals surface area contributed by atoms with E-state index >= 15 is 0 Å². The van der Waals surface area contributed by atoms with Crippen LogP contribution in [0.2, 0.25) is 0 Å². The van der Waals surface area contributed by atoms with Gasteiger partial charge in [-0.25, -0.2) is 0 Å². The molecular formula is C12H25N3. The van der Waals surface area contributed by atoms with Gasteiger partial charge in [0.25, 0.3) is 0 Å². The van der Waals surface area contributed by atoms with Gasteiger partial charge in [-0.1, -0.05) is 6.42 Å². The van der Waals surface area contributed by atoms with Gasteiger partial charge in [0.15, 0.2) is 0 Å². The fraction of sp³-hybridized carbons (Fsp3) is 1.00. The van der Waals surface area contributed by atoms with E-state index in [1.165, 1.54) is 65.0 Å². The summed E-state index contributed by atoms with van der Waals surface area (Å²) in [6.45, 7) is 7.57. The zero-order valence-electron chi connectivity index (χ0n) is 10.0. The summed E-state index contributed by atoms with van der Waals surface area (Å²) >= 11 is 0. The van der Waals surface area contributed by atoms with Crippen molar-refractivity contribution in [3.05, 3.63) is 0 Å². The first-order valence-electron chi connectivity index (χ1n) is 6.49. The number of hydrogen-bond donors (Lipinski definition) is 1. The van der Waals surface area contributed by atoms with Crippen LogP contribution in [-0.4, -0.2) is 62.2 Å². The van der Waals surface area contributed by atoms with E-state index in [2.05, 4.69) is 22.2 Å². The zero-order chi connectivity index (χ0) is 10.5. The second kappa shape index (κ2) is 5.83. The van der Waals surface area contributed by atoms with Crippen LogP contribution < -0.4 is 5.32 Å². The van der Waals surface area contributed by atoms with Gasteiger partial charge in [0.1, 0.15) is 0 Å². The van der Waals surface area contributed by atoms with Crippen LogP contribution in [0.1, 0.15) is 25.7 Å². The van der Waals surface area contributed by atoms with Gasteiger partial charge < -0.3 is 15.1 Å². The van der Waals surface area contributed by atoms with E-state index in [0.717, 1.165) is 6.04 Å². The van der Waals surface area contributed by atoms with Crippen molar-refractivity contribution in [2.75, 3.05) is 46.3 Å². The molecule has 3 heteroatoms. The molecule has 0 aromatic heterocycles. The van der Waals surface area contributed by atoms with Gasteiger partial charge in [-0.05, 0) is 45.9 Å². The number of nitrogens with one attached hydrogen (secondary N) is 1. The van der Waals surface area contributed by atoms with Crippen molar-refractivity contribution in [2.24, 2.45) is 0 Å². The number of piperidine rings is 1. The molecule has 2 fully saturated rings. The minimum Gasteiger partial charge on any atom is -0.313 e. The van der Waals surface area contributed by atoms with Gasteiger partial charge in [-0.3, -0.25) is 0 Å². The van der Waals surface area contributed by atoms with E-state index < -0.39 is 0 Å². The summed E-state index contributed by atoms with van der Waals surface area (Å²) < 4.78 is 0. The summed E-state index contributed by atoms with van der Waals surface area (Å²) in [5.41, 5.74) is 0. The molecule has 88 valence electrons. The average Bonchev–Trinajstić information content (AvgIpc) is 2.46. The molecule has 2 aliphatic rings. The van der Waals surface area contributed by atoms with Crippen molar-refractivity contribution >= 4 is 0 Å². The SMILES string of the molecule is CN1CCCN(C[C@@H]2CCCCN2)CC1. The van der Waals surface area contributed by atoms with Gasteiger partial charge >= 0.3 is 0 Å². The van der Waals surface area contributed by atoms with Gasteiger partial charge in [-0.2, -0.15) is 0 Å². The summed E-state index contributed by atoms with van der Waals surface area (Å²) in [7, 11) is 2.24. The topological polar surface area (TPSA) is 18.5 Å². The molecule has 3 nitrogen and oxygen atoms in total. The predicted molar refractivity (Wildman–Crippen MR) is 64.2 cm³/mol. The van der Waals surface area contributed by atoms with Crippen molar-refractivity contribution in [2.45, 2.75) is 31.7 Å². The highest BCUT2D eigenvalue weighted by molar-refractivity contribution is 4.77. The molecule has 0 aromatic carbocycles. The Labute approximate surface area is 93.8 Å². The van der Waals surface area contributed by atoms with Crippen LogP contribution >= 0.6 is 0 Å². The third kappa shape index (κ3) is 3.74. The molecule has 1 atom stereocenters. The van der Waals surface area contributed by atoms with Gasteiger partial charge in [0.2, 0.25) is 0 Å². The van der Waals surface area contributed by atoms with Crippen molar-refractivity contribution in [3.8, 4) is 0 Å². The minimum atomic E-state index is 0.766. The monoisotopic (exact) mass is 211 g/mol. The Hall–Kier alpha value is -0.120. The third-order valence-corrected chi connectivity index (χ3v) is 3.70. The maximum Gasteiger partial charge on any atom is 0.0195 e. The van der Waals surface area contributed by atoms with Crippen LogP contribution in [-0.2, 0) is 0 Å². The normalized spacial score (nSPS) is 31.4.